The van der Waals surface area contributed by atoms with Crippen molar-refractivity contribution in [3.8, 4) is 0 Å². The van der Waals surface area contributed by atoms with Crippen molar-refractivity contribution in [2.75, 3.05) is 0 Å². The maximum absolute atomic E-state index is 5.98. The number of halogens is 2. The molecule has 0 aliphatic heterocycles. The van der Waals surface area contributed by atoms with E-state index in [9.17, 15) is 0 Å². The largest absolute Gasteiger partial charge is 0.327 e. The number of hydrogen-bond donors (Lipinski definition) is 0. The summed E-state index contributed by atoms with van der Waals surface area (Å²) in [4.78, 5) is 8.10. The quantitative estimate of drug-likeness (QED) is 0.524. The molecule has 0 unspecified atom stereocenters. The first-order valence-corrected chi connectivity index (χ1v) is 5.36. The molecule has 15 heavy (non-hydrogen) atoms. The van der Waals surface area contributed by atoms with Crippen LogP contribution < -0.4 is 0 Å². The Bertz CT molecular complexity index is 511. The Morgan fingerprint density at radius 2 is 1.87 bits per heavy atom. The van der Waals surface area contributed by atoms with Crippen LogP contribution in [0.5, 0.6) is 0 Å². The van der Waals surface area contributed by atoms with Gasteiger partial charge in [-0.25, -0.2) is 4.98 Å². The van der Waals surface area contributed by atoms with Crippen LogP contribution in [0.1, 0.15) is 20.8 Å². The predicted molar refractivity (Wildman–Crippen MR) is 62.5 cm³/mol. The molecular weight excluding hydrogens is 233 g/mol. The van der Waals surface area contributed by atoms with Crippen LogP contribution in [0.25, 0.3) is 11.0 Å². The van der Waals surface area contributed by atoms with Crippen molar-refractivity contribution in [1.29, 1.82) is 0 Å². The number of fused-ring (bicyclic) bond motifs is 1. The van der Waals surface area contributed by atoms with Gasteiger partial charge in [-0.15, -0.1) is 0 Å². The van der Waals surface area contributed by atoms with E-state index in [2.05, 4.69) is 30.7 Å². The van der Waals surface area contributed by atoms with Crippen molar-refractivity contribution < 1.29 is 0 Å². The van der Waals surface area contributed by atoms with Crippen LogP contribution in [0.4, 0.5) is 0 Å². The fourth-order valence-electron chi connectivity index (χ4n) is 1.49. The summed E-state index contributed by atoms with van der Waals surface area (Å²) >= 11 is 11.8. The normalized spacial score (nSPS) is 12.3. The fourth-order valence-corrected chi connectivity index (χ4v) is 1.93. The third-order valence-corrected chi connectivity index (χ3v) is 2.65. The fraction of sp³-hybridized carbons (Fsp3) is 0.400. The highest BCUT2D eigenvalue weighted by atomic mass is 35.5. The average molecular weight is 244 g/mol. The van der Waals surface area contributed by atoms with Crippen molar-refractivity contribution in [3.63, 3.8) is 0 Å². The molecule has 2 aromatic rings. The van der Waals surface area contributed by atoms with E-state index in [4.69, 9.17) is 23.2 Å². The zero-order valence-electron chi connectivity index (χ0n) is 8.75. The van der Waals surface area contributed by atoms with Gasteiger partial charge in [0.05, 0.1) is 5.39 Å². The lowest BCUT2D eigenvalue weighted by Crippen LogP contribution is -2.20. The zero-order chi connectivity index (χ0) is 11.2. The molecule has 0 atom stereocenters. The van der Waals surface area contributed by atoms with Crippen molar-refractivity contribution in [2.45, 2.75) is 26.3 Å². The Kier molecular flexibility index (Phi) is 2.40. The minimum atomic E-state index is -0.0528. The molecule has 0 saturated heterocycles. The van der Waals surface area contributed by atoms with Gasteiger partial charge in [-0.3, -0.25) is 0 Å². The van der Waals surface area contributed by atoms with Gasteiger partial charge < -0.3 is 4.57 Å². The van der Waals surface area contributed by atoms with E-state index in [1.807, 2.05) is 16.8 Å². The van der Waals surface area contributed by atoms with Gasteiger partial charge in [0.25, 0.3) is 0 Å². The molecule has 0 aliphatic carbocycles. The molecule has 0 saturated carbocycles. The minimum Gasteiger partial charge on any atom is -0.327 e. The molecule has 80 valence electrons. The second-order valence-corrected chi connectivity index (χ2v) is 5.07. The molecule has 0 aromatic carbocycles. The highest BCUT2D eigenvalue weighted by molar-refractivity contribution is 6.35. The van der Waals surface area contributed by atoms with E-state index in [-0.39, 0.29) is 10.8 Å². The molecule has 0 bridgehead atoms. The lowest BCUT2D eigenvalue weighted by Gasteiger charge is -2.21. The van der Waals surface area contributed by atoms with Gasteiger partial charge in [0, 0.05) is 11.7 Å². The van der Waals surface area contributed by atoms with Crippen LogP contribution in [-0.4, -0.2) is 14.5 Å². The van der Waals surface area contributed by atoms with E-state index in [0.29, 0.717) is 5.15 Å². The second-order valence-electron chi connectivity index (χ2n) is 4.38. The standard InChI is InChI=1S/C10H11Cl2N3/c1-10(2,3)15-5-4-6-7(11)13-9(12)14-8(6)15/h4-5H,1-3H3. The van der Waals surface area contributed by atoms with E-state index in [0.717, 1.165) is 11.0 Å². The Balaban J connectivity index is 2.80. The topological polar surface area (TPSA) is 30.7 Å². The van der Waals surface area contributed by atoms with Crippen LogP contribution in [-0.2, 0) is 5.54 Å². The smallest absolute Gasteiger partial charge is 0.225 e. The Hall–Kier alpha value is -0.800. The lowest BCUT2D eigenvalue weighted by atomic mass is 10.1. The van der Waals surface area contributed by atoms with Gasteiger partial charge in [0.15, 0.2) is 0 Å². The van der Waals surface area contributed by atoms with Gasteiger partial charge in [-0.1, -0.05) is 11.6 Å². The Labute approximate surface area is 98.0 Å². The lowest BCUT2D eigenvalue weighted by molar-refractivity contribution is 0.408. The monoisotopic (exact) mass is 243 g/mol. The van der Waals surface area contributed by atoms with Crippen molar-refractivity contribution in [1.82, 2.24) is 14.5 Å². The van der Waals surface area contributed by atoms with E-state index < -0.39 is 0 Å². The molecular formula is C10H11Cl2N3. The summed E-state index contributed by atoms with van der Waals surface area (Å²) in [7, 11) is 0. The van der Waals surface area contributed by atoms with E-state index in [1.54, 1.807) is 0 Å². The molecule has 2 rings (SSSR count). The Morgan fingerprint density at radius 3 is 2.47 bits per heavy atom. The third-order valence-electron chi connectivity index (χ3n) is 2.19. The first-order valence-electron chi connectivity index (χ1n) is 4.60. The number of hydrogen-bond acceptors (Lipinski definition) is 2. The van der Waals surface area contributed by atoms with Crippen LogP contribution in [0, 0.1) is 0 Å². The number of aromatic nitrogens is 3. The molecule has 2 heterocycles. The summed E-state index contributed by atoms with van der Waals surface area (Å²) in [5.74, 6) is 0. The summed E-state index contributed by atoms with van der Waals surface area (Å²) in [6.45, 7) is 6.28. The first kappa shape index (κ1) is 10.7. The predicted octanol–water partition coefficient (Wildman–Crippen LogP) is 3.49. The van der Waals surface area contributed by atoms with E-state index in [1.165, 1.54) is 0 Å². The van der Waals surface area contributed by atoms with Crippen LogP contribution in [0.3, 0.4) is 0 Å². The van der Waals surface area contributed by atoms with Gasteiger partial charge in [-0.05, 0) is 38.4 Å². The molecule has 0 spiro atoms. The first-order chi connectivity index (χ1) is 6.89. The second kappa shape index (κ2) is 3.35. The average Bonchev–Trinajstić information content (AvgIpc) is 2.45. The molecule has 0 radical (unpaired) electrons. The Morgan fingerprint density at radius 1 is 1.20 bits per heavy atom. The van der Waals surface area contributed by atoms with Crippen molar-refractivity contribution >= 4 is 34.2 Å². The summed E-state index contributed by atoms with van der Waals surface area (Å²) in [5.41, 5.74) is 0.718. The molecule has 0 fully saturated rings. The van der Waals surface area contributed by atoms with Crippen LogP contribution in [0.15, 0.2) is 12.3 Å². The molecule has 0 N–H and O–H groups in total. The highest BCUT2D eigenvalue weighted by Gasteiger charge is 2.18. The van der Waals surface area contributed by atoms with Crippen molar-refractivity contribution in [2.24, 2.45) is 0 Å². The van der Waals surface area contributed by atoms with Crippen LogP contribution >= 0.6 is 23.2 Å². The summed E-state index contributed by atoms with van der Waals surface area (Å²) in [6, 6.07) is 1.90. The van der Waals surface area contributed by atoms with Gasteiger partial charge in [0.1, 0.15) is 10.8 Å². The summed E-state index contributed by atoms with van der Waals surface area (Å²) in [5, 5.41) is 1.40. The third kappa shape index (κ3) is 1.82. The maximum atomic E-state index is 5.98. The van der Waals surface area contributed by atoms with Gasteiger partial charge in [0.2, 0.25) is 5.28 Å². The molecule has 2 aromatic heterocycles. The number of nitrogens with zero attached hydrogens (tertiary/aromatic N) is 3. The molecule has 0 aliphatic rings. The maximum Gasteiger partial charge on any atom is 0.225 e. The SMILES string of the molecule is CC(C)(C)n1ccc2c(Cl)nc(Cl)nc21. The highest BCUT2D eigenvalue weighted by Crippen LogP contribution is 2.27. The molecule has 0 amide bonds. The number of rotatable bonds is 0. The minimum absolute atomic E-state index is 0.0528. The van der Waals surface area contributed by atoms with Gasteiger partial charge >= 0.3 is 0 Å². The van der Waals surface area contributed by atoms with E-state index >= 15 is 0 Å². The summed E-state index contributed by atoms with van der Waals surface area (Å²) in [6.07, 6.45) is 1.95. The van der Waals surface area contributed by atoms with Crippen molar-refractivity contribution in [3.05, 3.63) is 22.7 Å². The van der Waals surface area contributed by atoms with Gasteiger partial charge in [-0.2, -0.15) is 4.98 Å². The van der Waals surface area contributed by atoms with Crippen LogP contribution in [0.2, 0.25) is 10.4 Å². The zero-order valence-corrected chi connectivity index (χ0v) is 10.3. The summed E-state index contributed by atoms with van der Waals surface area (Å²) < 4.78 is 2.03. The molecule has 3 nitrogen and oxygen atoms in total. The molecule has 5 heteroatoms.